The van der Waals surface area contributed by atoms with E-state index < -0.39 is 23.1 Å². The Bertz CT molecular complexity index is 591. The van der Waals surface area contributed by atoms with Gasteiger partial charge in [-0.25, -0.2) is 0 Å². The maximum Gasteiger partial charge on any atom is 0.416 e. The Labute approximate surface area is 145 Å². The predicted octanol–water partition coefficient (Wildman–Crippen LogP) is 3.80. The van der Waals surface area contributed by atoms with Crippen molar-refractivity contribution in [1.29, 1.82) is 0 Å². The quantitative estimate of drug-likeness (QED) is 0.753. The van der Waals surface area contributed by atoms with Crippen molar-refractivity contribution in [1.82, 2.24) is 4.90 Å². The normalized spacial score (nSPS) is 22.1. The zero-order chi connectivity index (χ0) is 18.5. The molecule has 2 rings (SSSR count). The third kappa shape index (κ3) is 5.19. The van der Waals surface area contributed by atoms with Crippen molar-refractivity contribution < 1.29 is 27.8 Å². The van der Waals surface area contributed by atoms with Gasteiger partial charge in [0.15, 0.2) is 0 Å². The van der Waals surface area contributed by atoms with Crippen LogP contribution in [0.25, 0.3) is 0 Å². The van der Waals surface area contributed by atoms with Crippen LogP contribution >= 0.6 is 0 Å². The summed E-state index contributed by atoms with van der Waals surface area (Å²) in [6, 6.07) is 5.23. The maximum absolute atomic E-state index is 12.8. The number of aliphatic carboxylic acids is 1. The minimum Gasteiger partial charge on any atom is -0.481 e. The van der Waals surface area contributed by atoms with Gasteiger partial charge >= 0.3 is 12.1 Å². The third-order valence-corrected chi connectivity index (χ3v) is 4.77. The molecule has 1 aliphatic rings. The van der Waals surface area contributed by atoms with Gasteiger partial charge in [-0.3, -0.25) is 9.69 Å². The molecular formula is C18H24F3NO3. The number of alkyl halides is 3. The van der Waals surface area contributed by atoms with E-state index in [0.29, 0.717) is 51.1 Å². The van der Waals surface area contributed by atoms with E-state index in [0.717, 1.165) is 18.6 Å². The average Bonchev–Trinajstić information content (AvgIpc) is 2.55. The summed E-state index contributed by atoms with van der Waals surface area (Å²) in [6.07, 6.45) is -1.90. The van der Waals surface area contributed by atoms with Crippen molar-refractivity contribution in [2.24, 2.45) is 5.41 Å². The molecule has 1 fully saturated rings. The first kappa shape index (κ1) is 19.7. The lowest BCUT2D eigenvalue weighted by Gasteiger charge is -2.40. The topological polar surface area (TPSA) is 49.8 Å². The van der Waals surface area contributed by atoms with Crippen LogP contribution in [0, 0.1) is 5.41 Å². The molecule has 1 aromatic carbocycles. The summed E-state index contributed by atoms with van der Waals surface area (Å²) in [7, 11) is 1.58. The van der Waals surface area contributed by atoms with Crippen LogP contribution in [0.5, 0.6) is 0 Å². The fourth-order valence-corrected chi connectivity index (χ4v) is 3.51. The highest BCUT2D eigenvalue weighted by Crippen LogP contribution is 2.36. The molecule has 1 saturated heterocycles. The number of hydrogen-bond acceptors (Lipinski definition) is 3. The van der Waals surface area contributed by atoms with Crippen LogP contribution < -0.4 is 0 Å². The molecule has 0 saturated carbocycles. The molecule has 1 atom stereocenters. The van der Waals surface area contributed by atoms with Crippen molar-refractivity contribution in [2.75, 3.05) is 26.8 Å². The van der Waals surface area contributed by atoms with Crippen molar-refractivity contribution in [3.8, 4) is 0 Å². The highest BCUT2D eigenvalue weighted by atomic mass is 19.4. The number of rotatable bonds is 7. The number of hydrogen-bond donors (Lipinski definition) is 1. The molecule has 0 aliphatic carbocycles. The Hall–Kier alpha value is -1.60. The number of nitrogens with zero attached hydrogens (tertiary/aromatic N) is 1. The lowest BCUT2D eigenvalue weighted by Crippen LogP contribution is -2.47. The van der Waals surface area contributed by atoms with E-state index in [1.807, 2.05) is 4.90 Å². The summed E-state index contributed by atoms with van der Waals surface area (Å²) in [5, 5.41) is 9.71. The number of methoxy groups -OCH3 is 1. The highest BCUT2D eigenvalue weighted by Gasteiger charge is 2.41. The highest BCUT2D eigenvalue weighted by molar-refractivity contribution is 5.75. The lowest BCUT2D eigenvalue weighted by molar-refractivity contribution is -0.153. The minimum atomic E-state index is -4.37. The standard InChI is InChI=1S/C18H24F3NO3/c1-25-10-4-8-17(16(23)24)7-3-9-22(13-17)12-14-5-2-6-15(11-14)18(19,20)21/h2,5-6,11H,3-4,7-10,12-13H2,1H3,(H,23,24). The van der Waals surface area contributed by atoms with Crippen LogP contribution in [0.3, 0.4) is 0 Å². The van der Waals surface area contributed by atoms with Gasteiger partial charge in [0.2, 0.25) is 0 Å². The Morgan fingerprint density at radius 2 is 2.16 bits per heavy atom. The second-order valence-corrected chi connectivity index (χ2v) is 6.69. The predicted molar refractivity (Wildman–Crippen MR) is 87.1 cm³/mol. The van der Waals surface area contributed by atoms with Crippen LogP contribution in [-0.2, 0) is 22.3 Å². The first-order valence-corrected chi connectivity index (χ1v) is 8.38. The number of carbonyl (C=O) groups is 1. The molecule has 0 amide bonds. The van der Waals surface area contributed by atoms with Gasteiger partial charge in [-0.15, -0.1) is 0 Å². The van der Waals surface area contributed by atoms with E-state index >= 15 is 0 Å². The molecule has 1 N–H and O–H groups in total. The second-order valence-electron chi connectivity index (χ2n) is 6.69. The molecule has 25 heavy (non-hydrogen) atoms. The number of ether oxygens (including phenoxy) is 1. The molecule has 1 aromatic rings. The monoisotopic (exact) mass is 359 g/mol. The van der Waals surface area contributed by atoms with Crippen molar-refractivity contribution >= 4 is 5.97 Å². The SMILES string of the molecule is COCCCC1(C(=O)O)CCCN(Cc2cccc(C(F)(F)F)c2)C1. The Morgan fingerprint density at radius 3 is 2.80 bits per heavy atom. The summed E-state index contributed by atoms with van der Waals surface area (Å²) in [6.45, 7) is 1.86. The van der Waals surface area contributed by atoms with Crippen molar-refractivity contribution in [3.05, 3.63) is 35.4 Å². The molecule has 0 aromatic heterocycles. The van der Waals surface area contributed by atoms with Gasteiger partial charge in [-0.05, 0) is 43.9 Å². The first-order chi connectivity index (χ1) is 11.8. The Balaban J connectivity index is 2.08. The smallest absolute Gasteiger partial charge is 0.416 e. The number of piperidine rings is 1. The molecule has 4 nitrogen and oxygen atoms in total. The maximum atomic E-state index is 12.8. The summed E-state index contributed by atoms with van der Waals surface area (Å²) in [4.78, 5) is 13.8. The van der Waals surface area contributed by atoms with Crippen LogP contribution in [0.4, 0.5) is 13.2 Å². The average molecular weight is 359 g/mol. The summed E-state index contributed by atoms with van der Waals surface area (Å²) in [5.41, 5.74) is -0.974. The van der Waals surface area contributed by atoms with E-state index in [-0.39, 0.29) is 0 Å². The van der Waals surface area contributed by atoms with E-state index in [4.69, 9.17) is 4.74 Å². The number of carboxylic acid groups (broad SMARTS) is 1. The molecule has 1 aliphatic heterocycles. The first-order valence-electron chi connectivity index (χ1n) is 8.38. The van der Waals surface area contributed by atoms with Gasteiger partial charge in [0, 0.05) is 26.8 Å². The van der Waals surface area contributed by atoms with Gasteiger partial charge < -0.3 is 9.84 Å². The van der Waals surface area contributed by atoms with Crippen molar-refractivity contribution in [2.45, 2.75) is 38.4 Å². The molecular weight excluding hydrogens is 335 g/mol. The van der Waals surface area contributed by atoms with Crippen molar-refractivity contribution in [3.63, 3.8) is 0 Å². The molecule has 0 spiro atoms. The zero-order valence-electron chi connectivity index (χ0n) is 14.3. The van der Waals surface area contributed by atoms with Crippen LogP contribution in [0.15, 0.2) is 24.3 Å². The van der Waals surface area contributed by atoms with Gasteiger partial charge in [-0.1, -0.05) is 18.2 Å². The minimum absolute atomic E-state index is 0.323. The Kier molecular flexibility index (Phi) is 6.46. The fraction of sp³-hybridized carbons (Fsp3) is 0.611. The molecule has 140 valence electrons. The fourth-order valence-electron chi connectivity index (χ4n) is 3.51. The van der Waals surface area contributed by atoms with E-state index in [9.17, 15) is 23.1 Å². The van der Waals surface area contributed by atoms with Gasteiger partial charge in [-0.2, -0.15) is 13.2 Å². The summed E-state index contributed by atoms with van der Waals surface area (Å²) in [5.74, 6) is -0.836. The van der Waals surface area contributed by atoms with E-state index in [1.165, 1.54) is 6.07 Å². The van der Waals surface area contributed by atoms with Gasteiger partial charge in [0.25, 0.3) is 0 Å². The summed E-state index contributed by atoms with van der Waals surface area (Å²) >= 11 is 0. The summed E-state index contributed by atoms with van der Waals surface area (Å²) < 4.78 is 43.5. The zero-order valence-corrected chi connectivity index (χ0v) is 14.3. The lowest BCUT2D eigenvalue weighted by atomic mass is 9.76. The molecule has 7 heteroatoms. The van der Waals surface area contributed by atoms with Gasteiger partial charge in [0.1, 0.15) is 0 Å². The van der Waals surface area contributed by atoms with Crippen LogP contribution in [0.1, 0.15) is 36.8 Å². The second kappa shape index (κ2) is 8.19. The van der Waals surface area contributed by atoms with Crippen LogP contribution in [-0.4, -0.2) is 42.8 Å². The van der Waals surface area contributed by atoms with E-state index in [2.05, 4.69) is 0 Å². The number of carboxylic acids is 1. The molecule has 0 radical (unpaired) electrons. The Morgan fingerprint density at radius 1 is 1.40 bits per heavy atom. The number of likely N-dealkylation sites (tertiary alicyclic amines) is 1. The molecule has 0 bridgehead atoms. The van der Waals surface area contributed by atoms with E-state index in [1.54, 1.807) is 13.2 Å². The number of benzene rings is 1. The van der Waals surface area contributed by atoms with Crippen LogP contribution in [0.2, 0.25) is 0 Å². The number of halogens is 3. The largest absolute Gasteiger partial charge is 0.481 e. The van der Waals surface area contributed by atoms with Gasteiger partial charge in [0.05, 0.1) is 11.0 Å². The molecule has 1 heterocycles. The third-order valence-electron chi connectivity index (χ3n) is 4.77. The molecule has 1 unspecified atom stereocenters.